The Hall–Kier alpha value is -1.85. The lowest BCUT2D eigenvalue weighted by Gasteiger charge is -2.02. The number of hydrogen-bond acceptors (Lipinski definition) is 5. The highest BCUT2D eigenvalue weighted by Crippen LogP contribution is 2.21. The van der Waals surface area contributed by atoms with Crippen LogP contribution in [-0.2, 0) is 16.1 Å². The molecular formula is C15H17ClN2O3. The van der Waals surface area contributed by atoms with Gasteiger partial charge in [0.25, 0.3) is 0 Å². The van der Waals surface area contributed by atoms with Crippen LogP contribution in [0.1, 0.15) is 19.0 Å². The van der Waals surface area contributed by atoms with E-state index in [0.29, 0.717) is 37.0 Å². The first-order valence-corrected chi connectivity index (χ1v) is 7.13. The zero-order valence-electron chi connectivity index (χ0n) is 11.8. The highest BCUT2D eigenvalue weighted by molar-refractivity contribution is 6.30. The van der Waals surface area contributed by atoms with E-state index in [1.165, 1.54) is 0 Å². The highest BCUT2D eigenvalue weighted by Gasteiger charge is 2.07. The second-order valence-electron chi connectivity index (χ2n) is 4.39. The normalized spacial score (nSPS) is 10.6. The molecule has 0 aliphatic rings. The summed E-state index contributed by atoms with van der Waals surface area (Å²) in [7, 11) is 0. The average Bonchev–Trinajstić information content (AvgIpc) is 2.93. The Morgan fingerprint density at radius 3 is 3.10 bits per heavy atom. The Morgan fingerprint density at radius 2 is 2.33 bits per heavy atom. The predicted octanol–water partition coefficient (Wildman–Crippen LogP) is 3.04. The van der Waals surface area contributed by atoms with Crippen molar-refractivity contribution in [1.82, 2.24) is 10.3 Å². The van der Waals surface area contributed by atoms with E-state index >= 15 is 0 Å². The minimum absolute atomic E-state index is 0.204. The van der Waals surface area contributed by atoms with E-state index in [0.717, 1.165) is 11.3 Å². The number of ether oxygens (including phenoxy) is 1. The molecule has 0 atom stereocenters. The summed E-state index contributed by atoms with van der Waals surface area (Å²) in [6, 6.07) is 7.33. The van der Waals surface area contributed by atoms with E-state index in [-0.39, 0.29) is 5.97 Å². The van der Waals surface area contributed by atoms with Crippen molar-refractivity contribution < 1.29 is 13.9 Å². The van der Waals surface area contributed by atoms with E-state index < -0.39 is 0 Å². The molecule has 2 aromatic rings. The quantitative estimate of drug-likeness (QED) is 0.629. The third-order valence-electron chi connectivity index (χ3n) is 2.74. The molecule has 21 heavy (non-hydrogen) atoms. The van der Waals surface area contributed by atoms with Crippen LogP contribution in [-0.4, -0.2) is 24.1 Å². The van der Waals surface area contributed by atoms with E-state index in [2.05, 4.69) is 10.3 Å². The summed E-state index contributed by atoms with van der Waals surface area (Å²) in [5, 5.41) is 3.76. The van der Waals surface area contributed by atoms with Crippen molar-refractivity contribution in [2.45, 2.75) is 19.9 Å². The minimum atomic E-state index is -0.204. The van der Waals surface area contributed by atoms with Crippen molar-refractivity contribution in [3.8, 4) is 11.5 Å². The summed E-state index contributed by atoms with van der Waals surface area (Å²) >= 11 is 5.93. The summed E-state index contributed by atoms with van der Waals surface area (Å²) in [5.74, 6) is 0.324. The van der Waals surface area contributed by atoms with E-state index in [4.69, 9.17) is 20.8 Å². The number of oxazole rings is 1. The van der Waals surface area contributed by atoms with Crippen LogP contribution < -0.4 is 5.32 Å². The van der Waals surface area contributed by atoms with Gasteiger partial charge in [-0.15, -0.1) is 0 Å². The minimum Gasteiger partial charge on any atom is -0.466 e. The van der Waals surface area contributed by atoms with E-state index in [1.54, 1.807) is 25.3 Å². The van der Waals surface area contributed by atoms with Crippen LogP contribution in [0.2, 0.25) is 5.02 Å². The lowest BCUT2D eigenvalue weighted by molar-refractivity contribution is -0.142. The summed E-state index contributed by atoms with van der Waals surface area (Å²) in [6.45, 7) is 3.27. The zero-order valence-corrected chi connectivity index (χ0v) is 12.5. The third-order valence-corrected chi connectivity index (χ3v) is 2.98. The molecule has 5 nitrogen and oxygen atoms in total. The van der Waals surface area contributed by atoms with Gasteiger partial charge in [0.05, 0.1) is 18.7 Å². The van der Waals surface area contributed by atoms with Gasteiger partial charge in [-0.05, 0) is 25.1 Å². The molecule has 0 radical (unpaired) electrons. The molecule has 0 saturated heterocycles. The molecule has 0 fully saturated rings. The number of carbonyl (C=O) groups excluding carboxylic acids is 1. The van der Waals surface area contributed by atoms with Crippen LogP contribution in [0.4, 0.5) is 0 Å². The Labute approximate surface area is 128 Å². The molecule has 0 amide bonds. The van der Waals surface area contributed by atoms with Crippen LogP contribution in [0.5, 0.6) is 0 Å². The third kappa shape index (κ3) is 4.88. The topological polar surface area (TPSA) is 64.4 Å². The van der Waals surface area contributed by atoms with Gasteiger partial charge < -0.3 is 14.5 Å². The molecule has 0 unspecified atom stereocenters. The molecule has 0 aliphatic heterocycles. The lowest BCUT2D eigenvalue weighted by Crippen LogP contribution is -2.19. The number of nitrogens with zero attached hydrogens (tertiary/aromatic N) is 1. The van der Waals surface area contributed by atoms with Gasteiger partial charge in [-0.1, -0.05) is 17.7 Å². The maximum Gasteiger partial charge on any atom is 0.307 e. The Balaban J connectivity index is 1.82. The van der Waals surface area contributed by atoms with Crippen molar-refractivity contribution in [2.24, 2.45) is 0 Å². The fraction of sp³-hybridized carbons (Fsp3) is 0.333. The Morgan fingerprint density at radius 1 is 1.48 bits per heavy atom. The molecule has 1 aromatic carbocycles. The fourth-order valence-corrected chi connectivity index (χ4v) is 1.97. The zero-order chi connectivity index (χ0) is 15.1. The van der Waals surface area contributed by atoms with Crippen LogP contribution in [0.15, 0.2) is 34.9 Å². The highest BCUT2D eigenvalue weighted by atomic mass is 35.5. The number of esters is 1. The molecular weight excluding hydrogens is 292 g/mol. The van der Waals surface area contributed by atoms with E-state index in [1.807, 2.05) is 12.1 Å². The van der Waals surface area contributed by atoms with Crippen LogP contribution >= 0.6 is 11.6 Å². The maximum absolute atomic E-state index is 11.2. The number of carbonyl (C=O) groups is 1. The summed E-state index contributed by atoms with van der Waals surface area (Å²) in [6.07, 6.45) is 1.93. The van der Waals surface area contributed by atoms with Crippen molar-refractivity contribution in [1.29, 1.82) is 0 Å². The molecule has 112 valence electrons. The number of benzene rings is 1. The van der Waals surface area contributed by atoms with Gasteiger partial charge in [0.1, 0.15) is 6.26 Å². The SMILES string of the molecule is CCOC(=O)CCNCc1coc(-c2cccc(Cl)c2)n1. The smallest absolute Gasteiger partial charge is 0.307 e. The monoisotopic (exact) mass is 308 g/mol. The van der Waals surface area contributed by atoms with Crippen LogP contribution in [0.3, 0.4) is 0 Å². The van der Waals surface area contributed by atoms with Gasteiger partial charge >= 0.3 is 5.97 Å². The first-order chi connectivity index (χ1) is 10.2. The second-order valence-corrected chi connectivity index (χ2v) is 4.82. The molecule has 0 bridgehead atoms. The number of hydrogen-bond donors (Lipinski definition) is 1. The van der Waals surface area contributed by atoms with Crippen molar-refractivity contribution in [2.75, 3.05) is 13.2 Å². The molecule has 0 saturated carbocycles. The Kier molecular flexibility index (Phi) is 5.78. The molecule has 6 heteroatoms. The molecule has 1 N–H and O–H groups in total. The number of halogens is 1. The maximum atomic E-state index is 11.2. The fourth-order valence-electron chi connectivity index (χ4n) is 1.78. The first kappa shape index (κ1) is 15.5. The van der Waals surface area contributed by atoms with Gasteiger partial charge in [0.15, 0.2) is 0 Å². The number of nitrogens with one attached hydrogen (secondary N) is 1. The molecule has 0 aliphatic carbocycles. The Bertz CT molecular complexity index is 598. The number of aromatic nitrogens is 1. The second kappa shape index (κ2) is 7.81. The van der Waals surface area contributed by atoms with Crippen molar-refractivity contribution in [3.63, 3.8) is 0 Å². The van der Waals surface area contributed by atoms with Gasteiger partial charge in [-0.25, -0.2) is 4.98 Å². The lowest BCUT2D eigenvalue weighted by atomic mass is 10.2. The first-order valence-electron chi connectivity index (χ1n) is 6.75. The van der Waals surface area contributed by atoms with Gasteiger partial charge in [0, 0.05) is 23.7 Å². The van der Waals surface area contributed by atoms with Gasteiger partial charge in [-0.2, -0.15) is 0 Å². The summed E-state index contributed by atoms with van der Waals surface area (Å²) in [5.41, 5.74) is 1.61. The van der Waals surface area contributed by atoms with Gasteiger partial charge in [-0.3, -0.25) is 4.79 Å². The van der Waals surface area contributed by atoms with Crippen molar-refractivity contribution >= 4 is 17.6 Å². The molecule has 1 heterocycles. The standard InChI is InChI=1S/C15H17ClN2O3/c1-2-20-14(19)6-7-17-9-13-10-21-15(18-13)11-4-3-5-12(16)8-11/h3-5,8,10,17H,2,6-7,9H2,1H3. The molecule has 1 aromatic heterocycles. The number of rotatable bonds is 7. The largest absolute Gasteiger partial charge is 0.466 e. The van der Waals surface area contributed by atoms with Crippen LogP contribution in [0.25, 0.3) is 11.5 Å². The molecule has 2 rings (SSSR count). The van der Waals surface area contributed by atoms with Crippen molar-refractivity contribution in [3.05, 3.63) is 41.2 Å². The van der Waals surface area contributed by atoms with Crippen LogP contribution in [0, 0.1) is 0 Å². The van der Waals surface area contributed by atoms with E-state index in [9.17, 15) is 4.79 Å². The van der Waals surface area contributed by atoms with Gasteiger partial charge in [0.2, 0.25) is 5.89 Å². The summed E-state index contributed by atoms with van der Waals surface area (Å²) < 4.78 is 10.3. The molecule has 0 spiro atoms. The summed E-state index contributed by atoms with van der Waals surface area (Å²) in [4.78, 5) is 15.5. The predicted molar refractivity (Wildman–Crippen MR) is 79.9 cm³/mol. The average molecular weight is 309 g/mol.